The molecule has 0 spiro atoms. The van der Waals surface area contributed by atoms with Crippen LogP contribution in [0.15, 0.2) is 17.5 Å². The number of nitrogens with zero attached hydrogens (tertiary/aromatic N) is 2. The first kappa shape index (κ1) is 16.5. The molecule has 0 radical (unpaired) electrons. The van der Waals surface area contributed by atoms with Gasteiger partial charge in [0.15, 0.2) is 0 Å². The van der Waals surface area contributed by atoms with Crippen molar-refractivity contribution in [2.24, 2.45) is 5.92 Å². The van der Waals surface area contributed by atoms with Gasteiger partial charge in [-0.25, -0.2) is 0 Å². The van der Waals surface area contributed by atoms with E-state index in [1.54, 1.807) is 28.2 Å². The van der Waals surface area contributed by atoms with Crippen LogP contribution in [-0.2, 0) is 20.8 Å². The van der Waals surface area contributed by atoms with Crippen LogP contribution in [0.5, 0.6) is 0 Å². The molecule has 1 fully saturated rings. The average molecular weight is 323 g/mol. The Morgan fingerprint density at radius 2 is 1.95 bits per heavy atom. The molecule has 7 heteroatoms. The van der Waals surface area contributed by atoms with Crippen molar-refractivity contribution in [2.75, 3.05) is 33.2 Å². The second kappa shape index (κ2) is 7.40. The van der Waals surface area contributed by atoms with Crippen molar-refractivity contribution in [2.45, 2.75) is 13.3 Å². The Hall–Kier alpha value is -1.89. The second-order valence-electron chi connectivity index (χ2n) is 5.37. The lowest BCUT2D eigenvalue weighted by molar-refractivity contribution is -0.132. The van der Waals surface area contributed by atoms with Gasteiger partial charge in [0.25, 0.3) is 0 Å². The van der Waals surface area contributed by atoms with Gasteiger partial charge in [0.05, 0.1) is 12.3 Å². The van der Waals surface area contributed by atoms with Crippen LogP contribution in [0.3, 0.4) is 0 Å². The predicted molar refractivity (Wildman–Crippen MR) is 84.4 cm³/mol. The Morgan fingerprint density at radius 1 is 1.27 bits per heavy atom. The minimum absolute atomic E-state index is 0.00163. The fourth-order valence-corrected chi connectivity index (χ4v) is 3.27. The van der Waals surface area contributed by atoms with Crippen molar-refractivity contribution >= 4 is 29.1 Å². The fraction of sp³-hybridized carbons (Fsp3) is 0.533. The Labute approximate surface area is 134 Å². The SMILES string of the molecule is CNC(=O)C1CN(C(C)=O)CCN(C(=O)Cc2cccs2)C1. The van der Waals surface area contributed by atoms with E-state index in [4.69, 9.17) is 0 Å². The van der Waals surface area contributed by atoms with Gasteiger partial charge in [-0.3, -0.25) is 14.4 Å². The third-order valence-electron chi connectivity index (χ3n) is 3.84. The lowest BCUT2D eigenvalue weighted by atomic mass is 10.1. The molecule has 22 heavy (non-hydrogen) atoms. The molecule has 0 aliphatic carbocycles. The molecule has 1 aromatic heterocycles. The zero-order valence-corrected chi connectivity index (χ0v) is 13.7. The summed E-state index contributed by atoms with van der Waals surface area (Å²) in [5.74, 6) is -0.589. The van der Waals surface area contributed by atoms with Gasteiger partial charge in [0, 0.05) is 45.0 Å². The number of carbonyl (C=O) groups excluding carboxylic acids is 3. The van der Waals surface area contributed by atoms with Gasteiger partial charge >= 0.3 is 0 Å². The van der Waals surface area contributed by atoms with E-state index in [2.05, 4.69) is 5.32 Å². The molecule has 1 saturated heterocycles. The van der Waals surface area contributed by atoms with Crippen molar-refractivity contribution in [3.63, 3.8) is 0 Å². The van der Waals surface area contributed by atoms with Gasteiger partial charge in [0.1, 0.15) is 0 Å². The summed E-state index contributed by atoms with van der Waals surface area (Å²) in [4.78, 5) is 40.4. The Kier molecular flexibility index (Phi) is 5.54. The van der Waals surface area contributed by atoms with Gasteiger partial charge in [-0.1, -0.05) is 6.07 Å². The largest absolute Gasteiger partial charge is 0.359 e. The third-order valence-corrected chi connectivity index (χ3v) is 4.72. The predicted octanol–water partition coefficient (Wildman–Crippen LogP) is 0.344. The zero-order chi connectivity index (χ0) is 16.1. The molecule has 1 unspecified atom stereocenters. The summed E-state index contributed by atoms with van der Waals surface area (Å²) in [7, 11) is 1.57. The highest BCUT2D eigenvalue weighted by molar-refractivity contribution is 7.10. The summed E-state index contributed by atoms with van der Waals surface area (Å²) >= 11 is 1.55. The molecule has 0 bridgehead atoms. The van der Waals surface area contributed by atoms with Crippen molar-refractivity contribution in [1.29, 1.82) is 0 Å². The lowest BCUT2D eigenvalue weighted by Crippen LogP contribution is -2.42. The smallest absolute Gasteiger partial charge is 0.227 e. The maximum atomic E-state index is 12.4. The van der Waals surface area contributed by atoms with E-state index in [0.29, 0.717) is 32.6 Å². The van der Waals surface area contributed by atoms with Crippen LogP contribution < -0.4 is 5.32 Å². The monoisotopic (exact) mass is 323 g/mol. The van der Waals surface area contributed by atoms with E-state index in [0.717, 1.165) is 4.88 Å². The third kappa shape index (κ3) is 4.07. The summed E-state index contributed by atoms with van der Waals surface area (Å²) < 4.78 is 0. The van der Waals surface area contributed by atoms with E-state index in [-0.39, 0.29) is 23.6 Å². The van der Waals surface area contributed by atoms with Crippen LogP contribution in [-0.4, -0.2) is 60.7 Å². The molecule has 120 valence electrons. The summed E-state index contributed by atoms with van der Waals surface area (Å²) in [5.41, 5.74) is 0. The number of hydrogen-bond donors (Lipinski definition) is 1. The molecular weight excluding hydrogens is 302 g/mol. The van der Waals surface area contributed by atoms with Crippen molar-refractivity contribution in [3.8, 4) is 0 Å². The van der Waals surface area contributed by atoms with Gasteiger partial charge in [0.2, 0.25) is 17.7 Å². The van der Waals surface area contributed by atoms with Crippen molar-refractivity contribution in [1.82, 2.24) is 15.1 Å². The van der Waals surface area contributed by atoms with Crippen LogP contribution in [0.2, 0.25) is 0 Å². The molecule has 1 atom stereocenters. The lowest BCUT2D eigenvalue weighted by Gasteiger charge is -2.23. The average Bonchev–Trinajstić information content (AvgIpc) is 2.88. The number of nitrogens with one attached hydrogen (secondary N) is 1. The molecule has 2 rings (SSSR count). The van der Waals surface area contributed by atoms with E-state index >= 15 is 0 Å². The first-order valence-corrected chi connectivity index (χ1v) is 8.16. The maximum Gasteiger partial charge on any atom is 0.227 e. The van der Waals surface area contributed by atoms with E-state index < -0.39 is 0 Å². The van der Waals surface area contributed by atoms with Crippen molar-refractivity contribution < 1.29 is 14.4 Å². The van der Waals surface area contributed by atoms with Crippen molar-refractivity contribution in [3.05, 3.63) is 22.4 Å². The summed E-state index contributed by atoms with van der Waals surface area (Å²) in [6.07, 6.45) is 0.345. The quantitative estimate of drug-likeness (QED) is 0.872. The molecular formula is C15H21N3O3S. The molecule has 3 amide bonds. The van der Waals surface area contributed by atoms with E-state index in [9.17, 15) is 14.4 Å². The topological polar surface area (TPSA) is 69.7 Å². The number of thiophene rings is 1. The van der Waals surface area contributed by atoms with Crippen LogP contribution in [0.25, 0.3) is 0 Å². The number of carbonyl (C=O) groups is 3. The minimum atomic E-state index is -0.385. The van der Waals surface area contributed by atoms with Gasteiger partial charge in [-0.2, -0.15) is 0 Å². The highest BCUT2D eigenvalue weighted by Gasteiger charge is 2.30. The van der Waals surface area contributed by atoms with Crippen LogP contribution in [0, 0.1) is 5.92 Å². The first-order valence-electron chi connectivity index (χ1n) is 7.28. The van der Waals surface area contributed by atoms with Crippen LogP contribution >= 0.6 is 11.3 Å². The molecule has 0 aromatic carbocycles. The van der Waals surface area contributed by atoms with Gasteiger partial charge in [-0.05, 0) is 11.4 Å². The Bertz CT molecular complexity index is 544. The molecule has 1 N–H and O–H groups in total. The molecule has 1 aliphatic heterocycles. The summed E-state index contributed by atoms with van der Waals surface area (Å²) in [5, 5.41) is 4.55. The maximum absolute atomic E-state index is 12.4. The van der Waals surface area contributed by atoms with Gasteiger partial charge in [-0.15, -0.1) is 11.3 Å². The molecule has 0 saturated carbocycles. The molecule has 1 aliphatic rings. The highest BCUT2D eigenvalue weighted by Crippen LogP contribution is 2.15. The zero-order valence-electron chi connectivity index (χ0n) is 12.9. The first-order chi connectivity index (χ1) is 10.5. The Balaban J connectivity index is 2.08. The molecule has 6 nitrogen and oxygen atoms in total. The molecule has 2 heterocycles. The van der Waals surface area contributed by atoms with E-state index in [1.807, 2.05) is 17.5 Å². The standard InChI is InChI=1S/C15H21N3O3S/c1-11(19)17-5-6-18(10-12(9-17)15(21)16-2)14(20)8-13-4-3-7-22-13/h3-4,7,12H,5-6,8-10H2,1-2H3,(H,16,21). The number of rotatable bonds is 3. The number of hydrogen-bond acceptors (Lipinski definition) is 4. The summed E-state index contributed by atoms with van der Waals surface area (Å²) in [6, 6.07) is 3.85. The second-order valence-corrected chi connectivity index (χ2v) is 6.40. The normalized spacial score (nSPS) is 18.7. The molecule has 1 aromatic rings. The Morgan fingerprint density at radius 3 is 2.55 bits per heavy atom. The van der Waals surface area contributed by atoms with Crippen LogP contribution in [0.1, 0.15) is 11.8 Å². The fourth-order valence-electron chi connectivity index (χ4n) is 2.57. The van der Waals surface area contributed by atoms with E-state index in [1.165, 1.54) is 6.92 Å². The highest BCUT2D eigenvalue weighted by atomic mass is 32.1. The minimum Gasteiger partial charge on any atom is -0.359 e. The summed E-state index contributed by atoms with van der Waals surface area (Å²) in [6.45, 7) is 3.14. The number of amides is 3. The van der Waals surface area contributed by atoms with Gasteiger partial charge < -0.3 is 15.1 Å². The van der Waals surface area contributed by atoms with Crippen LogP contribution in [0.4, 0.5) is 0 Å².